The van der Waals surface area contributed by atoms with Gasteiger partial charge in [-0.2, -0.15) is 0 Å². The molecule has 45 heavy (non-hydrogen) atoms. The molecule has 5 atom stereocenters. The van der Waals surface area contributed by atoms with Gasteiger partial charge in [0.2, 0.25) is 0 Å². The van der Waals surface area contributed by atoms with E-state index in [4.69, 9.17) is 50.7 Å². The van der Waals surface area contributed by atoms with E-state index in [0.717, 1.165) is 26.3 Å². The Morgan fingerprint density at radius 3 is 2.04 bits per heavy atom. The highest BCUT2D eigenvalue weighted by Gasteiger charge is 2.53. The van der Waals surface area contributed by atoms with Crippen molar-refractivity contribution >= 4 is 36.1 Å². The highest BCUT2D eigenvalue weighted by atomic mass is 32.1. The summed E-state index contributed by atoms with van der Waals surface area (Å²) in [6.45, 7) is 4.26. The highest BCUT2D eigenvalue weighted by molar-refractivity contribution is 7.71. The van der Waals surface area contributed by atoms with Gasteiger partial charge < -0.3 is 28.4 Å². The van der Waals surface area contributed by atoms with Gasteiger partial charge in [0.05, 0.1) is 12.8 Å². The van der Waals surface area contributed by atoms with Crippen LogP contribution >= 0.6 is 12.2 Å². The zero-order valence-electron chi connectivity index (χ0n) is 25.3. The van der Waals surface area contributed by atoms with Gasteiger partial charge >= 0.3 is 23.9 Å². The normalized spacial score (nSPS) is 20.9. The average Bonchev–Trinajstić information content (AvgIpc) is 2.99. The summed E-state index contributed by atoms with van der Waals surface area (Å²) in [5.41, 5.74) is 1.85. The minimum atomic E-state index is -1.41. The maximum absolute atomic E-state index is 12.4. The third kappa shape index (κ3) is 8.28. The number of carbonyl (C=O) groups excluding carboxylic acids is 4. The molecule has 238 valence electrons. The zero-order chi connectivity index (χ0) is 32.7. The monoisotopic (exact) mass is 639 g/mol. The van der Waals surface area contributed by atoms with E-state index in [0.29, 0.717) is 17.0 Å². The number of ether oxygens (including phenoxy) is 6. The van der Waals surface area contributed by atoms with E-state index in [1.54, 1.807) is 7.11 Å². The first-order chi connectivity index (χ1) is 21.5. The summed E-state index contributed by atoms with van der Waals surface area (Å²) in [6.07, 6.45) is -6.44. The van der Waals surface area contributed by atoms with E-state index in [1.165, 1.54) is 11.6 Å². The van der Waals surface area contributed by atoms with Gasteiger partial charge in [-0.3, -0.25) is 19.2 Å². The number of esters is 4. The first kappa shape index (κ1) is 33.2. The fraction of sp³-hybridized carbons (Fsp3) is 0.387. The Kier molecular flexibility index (Phi) is 11.0. The molecule has 1 aliphatic rings. The summed E-state index contributed by atoms with van der Waals surface area (Å²) in [4.78, 5) is 53.4. The number of rotatable bonds is 10. The number of aromatic nitrogens is 3. The molecule has 0 radical (unpaired) electrons. The van der Waals surface area contributed by atoms with Crippen molar-refractivity contribution in [3.8, 4) is 17.1 Å². The molecule has 1 aliphatic heterocycles. The molecule has 0 unspecified atom stereocenters. The van der Waals surface area contributed by atoms with E-state index >= 15 is 0 Å². The van der Waals surface area contributed by atoms with Crippen LogP contribution in [0.3, 0.4) is 0 Å². The topological polar surface area (TPSA) is 154 Å². The van der Waals surface area contributed by atoms with Crippen molar-refractivity contribution in [3.05, 3.63) is 70.5 Å². The second-order valence-corrected chi connectivity index (χ2v) is 10.5. The molecule has 1 saturated heterocycles. The third-order valence-corrected chi connectivity index (χ3v) is 7.11. The molecule has 1 aromatic heterocycles. The number of benzene rings is 2. The van der Waals surface area contributed by atoms with Crippen LogP contribution in [-0.2, 0) is 49.3 Å². The molecule has 0 amide bonds. The third-order valence-electron chi connectivity index (χ3n) is 6.69. The largest absolute Gasteiger partial charge is 0.496 e. The molecule has 0 N–H and O–H groups in total. The van der Waals surface area contributed by atoms with Gasteiger partial charge in [0, 0.05) is 45.2 Å². The van der Waals surface area contributed by atoms with E-state index in [-0.39, 0.29) is 16.9 Å². The quantitative estimate of drug-likeness (QED) is 0.181. The van der Waals surface area contributed by atoms with E-state index < -0.39 is 61.1 Å². The fourth-order valence-corrected chi connectivity index (χ4v) is 5.17. The van der Waals surface area contributed by atoms with Crippen LogP contribution < -0.4 is 4.74 Å². The predicted octanol–water partition coefficient (Wildman–Crippen LogP) is 3.53. The van der Waals surface area contributed by atoms with Crippen molar-refractivity contribution in [1.29, 1.82) is 0 Å². The molecule has 4 rings (SSSR count). The Hall–Kier alpha value is -4.69. The molecule has 3 aromatic rings. The number of para-hydroxylation sites is 1. The number of hydrogen-bond acceptors (Lipinski definition) is 13. The van der Waals surface area contributed by atoms with Crippen molar-refractivity contribution < 1.29 is 47.6 Å². The lowest BCUT2D eigenvalue weighted by molar-refractivity contribution is -0.270. The van der Waals surface area contributed by atoms with Crippen molar-refractivity contribution in [2.24, 2.45) is 0 Å². The number of hydrogen-bond donors (Lipinski definition) is 0. The first-order valence-corrected chi connectivity index (χ1v) is 14.4. The lowest BCUT2D eigenvalue weighted by Gasteiger charge is -2.44. The fourth-order valence-electron chi connectivity index (χ4n) is 4.91. The summed E-state index contributed by atoms with van der Waals surface area (Å²) in [7, 11) is 1.56. The Bertz CT molecular complexity index is 1610. The van der Waals surface area contributed by atoms with Crippen LogP contribution in [0.1, 0.15) is 45.2 Å². The molecule has 2 heterocycles. The molecular formula is C31H33N3O10S. The average molecular weight is 640 g/mol. The second kappa shape index (κ2) is 14.9. The molecule has 14 heteroatoms. The van der Waals surface area contributed by atoms with Crippen LogP contribution in [0.2, 0.25) is 0 Å². The standard InChI is InChI=1S/C31H33N3O10S/c1-17(35)40-16-25-26(41-18(2)36)27(42-19(3)37)28(43-20(4)38)30(44-25)34-31(45)23(15-22-13-9-10-14-24(22)39-5)32-29(33-34)21-11-7-6-8-12-21/h6-14,25-28,30H,15-16H2,1-5H3/t25-,26+,27+,28-,30+/m1/s1. The SMILES string of the molecule is COc1ccccc1Cc1nc(-c2ccccc2)nn([C@H]2O[C@H](COC(C)=O)[C@H](OC(C)=O)[C@H](OC(C)=O)[C@H]2OC(C)=O)c1=S. The maximum atomic E-state index is 12.4. The van der Waals surface area contributed by atoms with Crippen LogP contribution in [-0.4, -0.2) is 76.8 Å². The lowest BCUT2D eigenvalue weighted by Crippen LogP contribution is -2.60. The number of carbonyl (C=O) groups is 4. The molecule has 0 spiro atoms. The van der Waals surface area contributed by atoms with Crippen LogP contribution in [0, 0.1) is 4.64 Å². The second-order valence-electron chi connectivity index (χ2n) is 10.1. The van der Waals surface area contributed by atoms with Crippen LogP contribution in [0.5, 0.6) is 5.75 Å². The zero-order valence-corrected chi connectivity index (χ0v) is 26.1. The summed E-state index contributed by atoms with van der Waals surface area (Å²) in [5, 5.41) is 4.70. The highest BCUT2D eigenvalue weighted by Crippen LogP contribution is 2.35. The maximum Gasteiger partial charge on any atom is 0.303 e. The molecule has 13 nitrogen and oxygen atoms in total. The Balaban J connectivity index is 1.94. The summed E-state index contributed by atoms with van der Waals surface area (Å²) in [5.74, 6) is -1.99. The smallest absolute Gasteiger partial charge is 0.303 e. The molecule has 0 bridgehead atoms. The van der Waals surface area contributed by atoms with Gasteiger partial charge in [-0.25, -0.2) is 9.67 Å². The Morgan fingerprint density at radius 1 is 0.822 bits per heavy atom. The minimum absolute atomic E-state index is 0.112. The summed E-state index contributed by atoms with van der Waals surface area (Å²) in [6, 6.07) is 16.5. The number of methoxy groups -OCH3 is 1. The molecular weight excluding hydrogens is 606 g/mol. The molecule has 2 aromatic carbocycles. The van der Waals surface area contributed by atoms with Gasteiger partial charge in [0.1, 0.15) is 23.1 Å². The van der Waals surface area contributed by atoms with E-state index in [2.05, 4.69) is 0 Å². The Labute approximate surface area is 264 Å². The Morgan fingerprint density at radius 2 is 1.42 bits per heavy atom. The number of nitrogens with zero attached hydrogens (tertiary/aromatic N) is 3. The molecule has 1 fully saturated rings. The lowest BCUT2D eigenvalue weighted by atomic mass is 9.97. The molecule has 0 saturated carbocycles. The van der Waals surface area contributed by atoms with Crippen LogP contribution in [0.4, 0.5) is 0 Å². The van der Waals surface area contributed by atoms with Gasteiger partial charge in [-0.15, -0.1) is 5.10 Å². The van der Waals surface area contributed by atoms with Crippen LogP contribution in [0.15, 0.2) is 54.6 Å². The summed E-state index contributed by atoms with van der Waals surface area (Å²) < 4.78 is 35.3. The van der Waals surface area contributed by atoms with Gasteiger partial charge in [-0.05, 0) is 6.07 Å². The van der Waals surface area contributed by atoms with Gasteiger partial charge in [0.15, 0.2) is 30.4 Å². The van der Waals surface area contributed by atoms with Crippen LogP contribution in [0.25, 0.3) is 11.4 Å². The molecule has 0 aliphatic carbocycles. The van der Waals surface area contributed by atoms with Crippen molar-refractivity contribution in [3.63, 3.8) is 0 Å². The van der Waals surface area contributed by atoms with Gasteiger partial charge in [0.25, 0.3) is 0 Å². The van der Waals surface area contributed by atoms with Crippen molar-refractivity contribution in [2.45, 2.75) is 64.8 Å². The predicted molar refractivity (Wildman–Crippen MR) is 159 cm³/mol. The van der Waals surface area contributed by atoms with E-state index in [1.807, 2.05) is 54.6 Å². The van der Waals surface area contributed by atoms with Gasteiger partial charge in [-0.1, -0.05) is 60.7 Å². The summed E-state index contributed by atoms with van der Waals surface area (Å²) >= 11 is 5.90. The van der Waals surface area contributed by atoms with Crippen molar-refractivity contribution in [1.82, 2.24) is 14.8 Å². The minimum Gasteiger partial charge on any atom is -0.496 e. The van der Waals surface area contributed by atoms with Crippen molar-refractivity contribution in [2.75, 3.05) is 13.7 Å². The first-order valence-electron chi connectivity index (χ1n) is 14.0. The van der Waals surface area contributed by atoms with E-state index in [9.17, 15) is 19.2 Å².